The Hall–Kier alpha value is -3.15. The Bertz CT molecular complexity index is 1230. The molecule has 2 amide bonds. The molecule has 3 rings (SSSR count). The molecule has 12 heteroatoms. The van der Waals surface area contributed by atoms with Crippen LogP contribution in [-0.2, 0) is 32.3 Å². The smallest absolute Gasteiger partial charge is 0.352 e. The number of nitrogens with zero attached hydrogens (tertiary/aromatic N) is 2. The number of carbonyl (C=O) groups is 2. The molecular formula is C26H31F4N3O4S. The maximum atomic E-state index is 13.5. The molecule has 1 atom stereocenters. The quantitative estimate of drug-likeness (QED) is 0.461. The van der Waals surface area contributed by atoms with Crippen LogP contribution >= 0.6 is 0 Å². The van der Waals surface area contributed by atoms with E-state index in [2.05, 4.69) is 5.32 Å². The molecule has 208 valence electrons. The zero-order valence-corrected chi connectivity index (χ0v) is 22.0. The zero-order valence-electron chi connectivity index (χ0n) is 21.2. The van der Waals surface area contributed by atoms with E-state index in [9.17, 15) is 35.6 Å². The first-order valence-electron chi connectivity index (χ1n) is 12.2. The molecule has 2 aromatic carbocycles. The van der Waals surface area contributed by atoms with E-state index in [4.69, 9.17) is 0 Å². The lowest BCUT2D eigenvalue weighted by Crippen LogP contribution is -2.53. The normalized spacial score (nSPS) is 15.5. The molecule has 0 radical (unpaired) electrons. The summed E-state index contributed by atoms with van der Waals surface area (Å²) in [6.07, 6.45) is 0.695. The average Bonchev–Trinajstić information content (AvgIpc) is 2.86. The number of rotatable bonds is 9. The molecule has 7 nitrogen and oxygen atoms in total. The number of amides is 2. The Morgan fingerprint density at radius 2 is 1.68 bits per heavy atom. The first kappa shape index (κ1) is 29.4. The fourth-order valence-electron chi connectivity index (χ4n) is 4.39. The summed E-state index contributed by atoms with van der Waals surface area (Å²) in [4.78, 5) is 27.7. The maximum absolute atomic E-state index is 13.5. The van der Waals surface area contributed by atoms with Gasteiger partial charge in [-0.3, -0.25) is 13.9 Å². The van der Waals surface area contributed by atoms with Gasteiger partial charge in [0, 0.05) is 12.6 Å². The minimum absolute atomic E-state index is 0.0425. The van der Waals surface area contributed by atoms with Crippen LogP contribution in [0.15, 0.2) is 48.5 Å². The molecule has 0 bridgehead atoms. The monoisotopic (exact) mass is 557 g/mol. The standard InChI is InChI=1S/C26H31F4N3O4S/c1-18(25(35)31-22-8-4-3-5-9-22)32(16-19-11-13-21(27)14-12-19)24(34)17-33(38(2,36)37)23-10-6-7-20(15-23)26(28,29)30/h6-7,10-15,18,22H,3-5,8-9,16-17H2,1-2H3,(H,31,35)/t18-/m0/s1. The van der Waals surface area contributed by atoms with Gasteiger partial charge >= 0.3 is 6.18 Å². The van der Waals surface area contributed by atoms with E-state index in [0.29, 0.717) is 15.9 Å². The molecular weight excluding hydrogens is 526 g/mol. The highest BCUT2D eigenvalue weighted by Gasteiger charge is 2.34. The number of nitrogens with one attached hydrogen (secondary N) is 1. The summed E-state index contributed by atoms with van der Waals surface area (Å²) in [5, 5.41) is 2.94. The molecule has 0 spiro atoms. The first-order valence-corrected chi connectivity index (χ1v) is 14.1. The van der Waals surface area contributed by atoms with Gasteiger partial charge in [0.2, 0.25) is 21.8 Å². The highest BCUT2D eigenvalue weighted by Crippen LogP contribution is 2.32. The fraction of sp³-hybridized carbons (Fsp3) is 0.462. The van der Waals surface area contributed by atoms with Crippen LogP contribution in [0.1, 0.15) is 50.2 Å². The second-order valence-corrected chi connectivity index (χ2v) is 11.4. The van der Waals surface area contributed by atoms with Gasteiger partial charge in [-0.2, -0.15) is 13.2 Å². The third-order valence-electron chi connectivity index (χ3n) is 6.53. The number of carbonyl (C=O) groups excluding carboxylic acids is 2. The second-order valence-electron chi connectivity index (χ2n) is 9.49. The molecule has 1 fully saturated rings. The van der Waals surface area contributed by atoms with Crippen molar-refractivity contribution in [1.29, 1.82) is 0 Å². The van der Waals surface area contributed by atoms with Gasteiger partial charge in [-0.25, -0.2) is 12.8 Å². The van der Waals surface area contributed by atoms with Crippen molar-refractivity contribution in [2.24, 2.45) is 0 Å². The number of hydrogen-bond acceptors (Lipinski definition) is 4. The van der Waals surface area contributed by atoms with Crippen molar-refractivity contribution in [3.05, 3.63) is 65.5 Å². The van der Waals surface area contributed by atoms with Crippen molar-refractivity contribution < 1.29 is 35.6 Å². The number of alkyl halides is 3. The van der Waals surface area contributed by atoms with Crippen molar-refractivity contribution in [3.8, 4) is 0 Å². The second kappa shape index (κ2) is 12.1. The van der Waals surface area contributed by atoms with Crippen LogP contribution < -0.4 is 9.62 Å². The van der Waals surface area contributed by atoms with Gasteiger partial charge in [-0.05, 0) is 55.7 Å². The lowest BCUT2D eigenvalue weighted by molar-refractivity contribution is -0.139. The minimum Gasteiger partial charge on any atom is -0.352 e. The first-order chi connectivity index (χ1) is 17.8. The van der Waals surface area contributed by atoms with Crippen molar-refractivity contribution in [2.75, 3.05) is 17.1 Å². The van der Waals surface area contributed by atoms with E-state index in [1.807, 2.05) is 0 Å². The van der Waals surface area contributed by atoms with Gasteiger partial charge in [0.1, 0.15) is 18.4 Å². The third-order valence-corrected chi connectivity index (χ3v) is 7.67. The van der Waals surface area contributed by atoms with E-state index >= 15 is 0 Å². The van der Waals surface area contributed by atoms with Gasteiger partial charge in [-0.15, -0.1) is 0 Å². The van der Waals surface area contributed by atoms with Crippen molar-refractivity contribution >= 4 is 27.5 Å². The van der Waals surface area contributed by atoms with Crippen molar-refractivity contribution in [1.82, 2.24) is 10.2 Å². The van der Waals surface area contributed by atoms with Crippen molar-refractivity contribution in [3.63, 3.8) is 0 Å². The Balaban J connectivity index is 1.90. The van der Waals surface area contributed by atoms with Gasteiger partial charge in [0.15, 0.2) is 0 Å². The van der Waals surface area contributed by atoms with Crippen LogP contribution in [0.2, 0.25) is 0 Å². The summed E-state index contributed by atoms with van der Waals surface area (Å²) in [6, 6.07) is 7.83. The lowest BCUT2D eigenvalue weighted by atomic mass is 9.95. The molecule has 2 aromatic rings. The maximum Gasteiger partial charge on any atom is 0.416 e. The molecule has 0 unspecified atom stereocenters. The topological polar surface area (TPSA) is 86.8 Å². The molecule has 1 aliphatic carbocycles. The summed E-state index contributed by atoms with van der Waals surface area (Å²) in [5.41, 5.74) is -0.918. The predicted octanol–water partition coefficient (Wildman–Crippen LogP) is 4.48. The van der Waals surface area contributed by atoms with E-state index in [1.54, 1.807) is 0 Å². The Morgan fingerprint density at radius 1 is 1.05 bits per heavy atom. The van der Waals surface area contributed by atoms with Gasteiger partial charge < -0.3 is 10.2 Å². The summed E-state index contributed by atoms with van der Waals surface area (Å²) in [7, 11) is -4.19. The molecule has 1 aliphatic rings. The molecule has 1 saturated carbocycles. The van der Waals surface area contributed by atoms with Crippen molar-refractivity contribution in [2.45, 2.75) is 63.8 Å². The molecule has 38 heavy (non-hydrogen) atoms. The summed E-state index contributed by atoms with van der Waals surface area (Å²) < 4.78 is 78.9. The third kappa shape index (κ3) is 7.92. The number of halogens is 4. The van der Waals surface area contributed by atoms with Crippen LogP contribution in [0.4, 0.5) is 23.2 Å². The Kier molecular flexibility index (Phi) is 9.40. The van der Waals surface area contributed by atoms with E-state index < -0.39 is 52.0 Å². The van der Waals surface area contributed by atoms with Gasteiger partial charge in [0.25, 0.3) is 0 Å². The SMILES string of the molecule is C[C@@H](C(=O)NC1CCCCC1)N(Cc1ccc(F)cc1)C(=O)CN(c1cccc(C(F)(F)F)c1)S(C)(=O)=O. The highest BCUT2D eigenvalue weighted by atomic mass is 32.2. The number of benzene rings is 2. The van der Waals surface area contributed by atoms with Crippen LogP contribution in [0.5, 0.6) is 0 Å². The molecule has 0 heterocycles. The Morgan fingerprint density at radius 3 is 2.26 bits per heavy atom. The zero-order chi connectivity index (χ0) is 28.1. The summed E-state index contributed by atoms with van der Waals surface area (Å²) in [6.45, 7) is 0.523. The minimum atomic E-state index is -4.72. The number of anilines is 1. The van der Waals surface area contributed by atoms with Crippen LogP contribution in [0.25, 0.3) is 0 Å². The van der Waals surface area contributed by atoms with E-state index in [1.165, 1.54) is 31.2 Å². The van der Waals surface area contributed by atoms with Crippen LogP contribution in [-0.4, -0.2) is 50.0 Å². The van der Waals surface area contributed by atoms with Gasteiger partial charge in [0.05, 0.1) is 17.5 Å². The Labute approximate surface area is 219 Å². The number of hydrogen-bond donors (Lipinski definition) is 1. The number of sulfonamides is 1. The van der Waals surface area contributed by atoms with E-state index in [-0.39, 0.29) is 18.3 Å². The van der Waals surface area contributed by atoms with Crippen LogP contribution in [0, 0.1) is 5.82 Å². The van der Waals surface area contributed by atoms with E-state index in [0.717, 1.165) is 61.5 Å². The largest absolute Gasteiger partial charge is 0.416 e. The molecule has 1 N–H and O–H groups in total. The average molecular weight is 558 g/mol. The fourth-order valence-corrected chi connectivity index (χ4v) is 5.23. The van der Waals surface area contributed by atoms with Crippen LogP contribution in [0.3, 0.4) is 0 Å². The predicted molar refractivity (Wildman–Crippen MR) is 135 cm³/mol. The molecule has 0 aromatic heterocycles. The molecule has 0 aliphatic heterocycles. The summed E-state index contributed by atoms with van der Waals surface area (Å²) >= 11 is 0. The highest BCUT2D eigenvalue weighted by molar-refractivity contribution is 7.92. The summed E-state index contributed by atoms with van der Waals surface area (Å²) in [5.74, 6) is -1.73. The van der Waals surface area contributed by atoms with Gasteiger partial charge in [-0.1, -0.05) is 37.5 Å². The molecule has 0 saturated heterocycles. The lowest BCUT2D eigenvalue weighted by Gasteiger charge is -2.33.